The van der Waals surface area contributed by atoms with Gasteiger partial charge in [-0.1, -0.05) is 13.3 Å². The maximum absolute atomic E-state index is 11.9. The van der Waals surface area contributed by atoms with Crippen molar-refractivity contribution in [1.82, 2.24) is 14.9 Å². The van der Waals surface area contributed by atoms with Crippen LogP contribution in [0.15, 0.2) is 14.8 Å². The van der Waals surface area contributed by atoms with E-state index in [-0.39, 0.29) is 5.56 Å². The molecule has 0 aliphatic rings. The first-order chi connectivity index (χ1) is 9.04. The summed E-state index contributed by atoms with van der Waals surface area (Å²) >= 11 is 0. The third-order valence-electron chi connectivity index (χ3n) is 2.37. The maximum atomic E-state index is 11.9. The fraction of sp³-hybridized carbons (Fsp3) is 0.538. The van der Waals surface area contributed by atoms with Gasteiger partial charge in [0.1, 0.15) is 5.69 Å². The predicted octanol–water partition coefficient (Wildman–Crippen LogP) is 2.19. The van der Waals surface area contributed by atoms with Crippen LogP contribution in [0, 0.1) is 6.92 Å². The second kappa shape index (κ2) is 7.45. The van der Waals surface area contributed by atoms with E-state index >= 15 is 0 Å². The van der Waals surface area contributed by atoms with E-state index < -0.39 is 0 Å². The zero-order valence-corrected chi connectivity index (χ0v) is 12.0. The van der Waals surface area contributed by atoms with Crippen molar-refractivity contribution in [3.8, 4) is 0 Å². The summed E-state index contributed by atoms with van der Waals surface area (Å²) in [5.41, 5.74) is 0.688. The average Bonchev–Trinajstić information content (AvgIpc) is 2.34. The molecule has 19 heavy (non-hydrogen) atoms. The van der Waals surface area contributed by atoms with Gasteiger partial charge in [-0.15, -0.1) is 0 Å². The molecular formula is C13H21N5O. The molecule has 1 rings (SSSR count). The highest BCUT2D eigenvalue weighted by molar-refractivity contribution is 5.64. The lowest BCUT2D eigenvalue weighted by Gasteiger charge is -2.03. The molecule has 0 spiro atoms. The van der Waals surface area contributed by atoms with Crippen molar-refractivity contribution < 1.29 is 0 Å². The first kappa shape index (κ1) is 15.1. The lowest BCUT2D eigenvalue weighted by molar-refractivity contribution is 0.642. The van der Waals surface area contributed by atoms with Crippen LogP contribution < -0.4 is 5.56 Å². The number of aromatic amines is 1. The topological polar surface area (TPSA) is 73.7 Å². The molecule has 1 heterocycles. The van der Waals surface area contributed by atoms with Crippen molar-refractivity contribution in [2.24, 2.45) is 9.98 Å². The van der Waals surface area contributed by atoms with Crippen LogP contribution in [0.3, 0.4) is 0 Å². The summed E-state index contributed by atoms with van der Waals surface area (Å²) in [7, 11) is 3.70. The molecule has 1 aromatic rings. The summed E-state index contributed by atoms with van der Waals surface area (Å²) in [5.74, 6) is 0.295. The van der Waals surface area contributed by atoms with Crippen LogP contribution in [-0.2, 0) is 0 Å². The second-order valence-electron chi connectivity index (χ2n) is 4.49. The molecule has 0 bridgehead atoms. The van der Waals surface area contributed by atoms with Crippen LogP contribution in [0.1, 0.15) is 31.9 Å². The number of aryl methyl sites for hydroxylation is 1. The van der Waals surface area contributed by atoms with Gasteiger partial charge in [-0.25, -0.2) is 9.98 Å². The summed E-state index contributed by atoms with van der Waals surface area (Å²) < 4.78 is 0. The molecule has 0 fully saturated rings. The Morgan fingerprint density at radius 1 is 1.37 bits per heavy atom. The Hall–Kier alpha value is -1.98. The molecule has 0 unspecified atom stereocenters. The van der Waals surface area contributed by atoms with E-state index in [1.807, 2.05) is 14.1 Å². The van der Waals surface area contributed by atoms with E-state index in [0.717, 1.165) is 19.3 Å². The van der Waals surface area contributed by atoms with E-state index in [1.165, 1.54) is 0 Å². The van der Waals surface area contributed by atoms with E-state index in [1.54, 1.807) is 24.4 Å². The number of aromatic nitrogens is 2. The van der Waals surface area contributed by atoms with Gasteiger partial charge in [-0.05, 0) is 19.8 Å². The largest absolute Gasteiger partial charge is 0.369 e. The maximum Gasteiger partial charge on any atom is 0.278 e. The molecule has 0 aliphatic carbocycles. The fourth-order valence-corrected chi connectivity index (χ4v) is 1.40. The van der Waals surface area contributed by atoms with Gasteiger partial charge in [0.05, 0.1) is 12.0 Å². The monoisotopic (exact) mass is 263 g/mol. The molecule has 1 N–H and O–H groups in total. The summed E-state index contributed by atoms with van der Waals surface area (Å²) in [6.07, 6.45) is 6.40. The van der Waals surface area contributed by atoms with Crippen LogP contribution in [-0.4, -0.2) is 41.5 Å². The fourth-order valence-electron chi connectivity index (χ4n) is 1.40. The molecule has 0 amide bonds. The molecular weight excluding hydrogens is 242 g/mol. The van der Waals surface area contributed by atoms with Crippen molar-refractivity contribution in [2.75, 3.05) is 14.1 Å². The molecule has 0 saturated heterocycles. The molecule has 0 saturated carbocycles. The molecule has 1 aromatic heterocycles. The van der Waals surface area contributed by atoms with Gasteiger partial charge in [0.15, 0.2) is 0 Å². The third-order valence-corrected chi connectivity index (χ3v) is 2.37. The molecule has 6 nitrogen and oxygen atoms in total. The minimum absolute atomic E-state index is 0.258. The quantitative estimate of drug-likeness (QED) is 0.485. The van der Waals surface area contributed by atoms with E-state index in [2.05, 4.69) is 26.9 Å². The van der Waals surface area contributed by atoms with Crippen LogP contribution in [0.4, 0.5) is 11.6 Å². The SMILES string of the molecule is CCCCC=Nc1c(C)nc(N=CN(C)C)[nH]c1=O. The zero-order chi connectivity index (χ0) is 14.3. The highest BCUT2D eigenvalue weighted by Gasteiger charge is 2.05. The summed E-state index contributed by atoms with van der Waals surface area (Å²) in [5, 5.41) is 0. The van der Waals surface area contributed by atoms with Crippen LogP contribution in [0.5, 0.6) is 0 Å². The summed E-state index contributed by atoms with van der Waals surface area (Å²) in [4.78, 5) is 28.7. The molecule has 0 atom stereocenters. The Morgan fingerprint density at radius 3 is 2.68 bits per heavy atom. The highest BCUT2D eigenvalue weighted by atomic mass is 16.1. The van der Waals surface area contributed by atoms with Gasteiger partial charge in [-0.3, -0.25) is 14.8 Å². The minimum Gasteiger partial charge on any atom is -0.369 e. The first-order valence-corrected chi connectivity index (χ1v) is 6.38. The Morgan fingerprint density at radius 2 is 2.11 bits per heavy atom. The minimum atomic E-state index is -0.258. The number of nitrogens with one attached hydrogen (secondary N) is 1. The number of aliphatic imine (C=N–C) groups is 2. The number of rotatable bonds is 6. The Labute approximate surface area is 113 Å². The molecule has 0 aliphatic heterocycles. The molecule has 6 heteroatoms. The van der Waals surface area contributed by atoms with Crippen molar-refractivity contribution in [2.45, 2.75) is 33.1 Å². The van der Waals surface area contributed by atoms with Gasteiger partial charge in [0.25, 0.3) is 5.56 Å². The van der Waals surface area contributed by atoms with Crippen LogP contribution >= 0.6 is 0 Å². The van der Waals surface area contributed by atoms with Crippen molar-refractivity contribution in [1.29, 1.82) is 0 Å². The van der Waals surface area contributed by atoms with Crippen molar-refractivity contribution in [3.63, 3.8) is 0 Å². The van der Waals surface area contributed by atoms with E-state index in [4.69, 9.17) is 0 Å². The zero-order valence-electron chi connectivity index (χ0n) is 12.0. The molecule has 104 valence electrons. The van der Waals surface area contributed by atoms with Crippen molar-refractivity contribution >= 4 is 24.2 Å². The number of H-pyrrole nitrogens is 1. The summed E-state index contributed by atoms with van der Waals surface area (Å²) in [6.45, 7) is 3.88. The number of hydrogen-bond acceptors (Lipinski definition) is 4. The Balaban J connectivity index is 2.92. The van der Waals surface area contributed by atoms with Gasteiger partial charge >= 0.3 is 0 Å². The van der Waals surface area contributed by atoms with E-state index in [9.17, 15) is 4.79 Å². The summed E-state index contributed by atoms with van der Waals surface area (Å²) in [6, 6.07) is 0. The molecule has 0 radical (unpaired) electrons. The third kappa shape index (κ3) is 5.03. The normalized spacial score (nSPS) is 11.6. The lowest BCUT2D eigenvalue weighted by atomic mass is 10.3. The Kier molecular flexibility index (Phi) is 5.92. The van der Waals surface area contributed by atoms with E-state index in [0.29, 0.717) is 17.3 Å². The standard InChI is InChI=1S/C13H21N5O/c1-5-6-7-8-14-11-10(2)16-13(17-12(11)19)15-9-18(3)4/h8-9H,5-7H2,1-4H3,(H,16,17,19). The highest BCUT2D eigenvalue weighted by Crippen LogP contribution is 2.12. The van der Waals surface area contributed by atoms with Gasteiger partial charge in [-0.2, -0.15) is 0 Å². The smallest absolute Gasteiger partial charge is 0.278 e. The van der Waals surface area contributed by atoms with Crippen molar-refractivity contribution in [3.05, 3.63) is 16.0 Å². The number of nitrogens with zero attached hydrogens (tertiary/aromatic N) is 4. The first-order valence-electron chi connectivity index (χ1n) is 6.38. The predicted molar refractivity (Wildman–Crippen MR) is 79.1 cm³/mol. The average molecular weight is 263 g/mol. The van der Waals surface area contributed by atoms with Crippen LogP contribution in [0.2, 0.25) is 0 Å². The van der Waals surface area contributed by atoms with Gasteiger partial charge in [0, 0.05) is 20.3 Å². The van der Waals surface area contributed by atoms with Gasteiger partial charge < -0.3 is 4.90 Å². The lowest BCUT2D eigenvalue weighted by Crippen LogP contribution is -2.11. The second-order valence-corrected chi connectivity index (χ2v) is 4.49. The number of unbranched alkanes of at least 4 members (excludes halogenated alkanes) is 2. The number of hydrogen-bond donors (Lipinski definition) is 1. The van der Waals surface area contributed by atoms with Crippen LogP contribution in [0.25, 0.3) is 0 Å². The Bertz CT molecular complexity index is 516. The van der Waals surface area contributed by atoms with Gasteiger partial charge in [0.2, 0.25) is 5.95 Å². The molecule has 0 aromatic carbocycles.